The van der Waals surface area contributed by atoms with E-state index in [-0.39, 0.29) is 30.4 Å². The first-order valence-electron chi connectivity index (χ1n) is 10.7. The largest absolute Gasteiger partial charge is 0.493 e. The number of carbonyl (C=O) groups excluding carboxylic acids is 2. The number of rotatable bonds is 7. The number of ether oxygens (including phenoxy) is 2. The molecular formula is C24H26FN3O4. The van der Waals surface area contributed by atoms with Gasteiger partial charge in [-0.1, -0.05) is 6.07 Å². The van der Waals surface area contributed by atoms with Gasteiger partial charge in [0.25, 0.3) is 5.91 Å². The Bertz CT molecular complexity index is 1070. The van der Waals surface area contributed by atoms with Crippen LogP contribution in [0.4, 0.5) is 15.8 Å². The summed E-state index contributed by atoms with van der Waals surface area (Å²) in [5, 5.41) is 2.66. The molecule has 1 fully saturated rings. The number of hydrogen-bond donors (Lipinski definition) is 1. The fourth-order valence-corrected chi connectivity index (χ4v) is 4.11. The molecule has 2 aliphatic rings. The number of amides is 2. The summed E-state index contributed by atoms with van der Waals surface area (Å²) >= 11 is 0. The van der Waals surface area contributed by atoms with Gasteiger partial charge in [-0.15, -0.1) is 0 Å². The minimum absolute atomic E-state index is 0.0589. The first-order valence-corrected chi connectivity index (χ1v) is 10.7. The van der Waals surface area contributed by atoms with Gasteiger partial charge >= 0.3 is 0 Å². The molecule has 2 aromatic carbocycles. The van der Waals surface area contributed by atoms with Crippen LogP contribution in [0.15, 0.2) is 41.4 Å². The molecule has 8 heteroatoms. The van der Waals surface area contributed by atoms with Crippen LogP contribution >= 0.6 is 0 Å². The summed E-state index contributed by atoms with van der Waals surface area (Å²) in [5.74, 6) is 0.221. The van der Waals surface area contributed by atoms with Gasteiger partial charge in [0.2, 0.25) is 5.91 Å². The highest BCUT2D eigenvalue weighted by Crippen LogP contribution is 2.40. The van der Waals surface area contributed by atoms with E-state index in [0.29, 0.717) is 41.4 Å². The van der Waals surface area contributed by atoms with Crippen molar-refractivity contribution in [2.24, 2.45) is 4.99 Å². The van der Waals surface area contributed by atoms with E-state index in [4.69, 9.17) is 9.47 Å². The normalized spacial score (nSPS) is 19.2. The second-order valence-electron chi connectivity index (χ2n) is 8.21. The molecule has 0 bridgehead atoms. The first-order chi connectivity index (χ1) is 15.4. The maximum absolute atomic E-state index is 13.2. The van der Waals surface area contributed by atoms with Crippen molar-refractivity contribution < 1.29 is 23.5 Å². The van der Waals surface area contributed by atoms with Crippen molar-refractivity contribution in [3.8, 4) is 11.5 Å². The van der Waals surface area contributed by atoms with Crippen LogP contribution in [0.5, 0.6) is 11.5 Å². The Balaban J connectivity index is 1.40. The molecular weight excluding hydrogens is 413 g/mol. The van der Waals surface area contributed by atoms with E-state index < -0.39 is 5.82 Å². The van der Waals surface area contributed by atoms with Gasteiger partial charge in [-0.25, -0.2) is 4.39 Å². The number of fused-ring (bicyclic) bond motifs is 2. The maximum atomic E-state index is 13.2. The zero-order valence-electron chi connectivity index (χ0n) is 18.2. The molecule has 168 valence electrons. The second-order valence-corrected chi connectivity index (χ2v) is 8.21. The van der Waals surface area contributed by atoms with Crippen molar-refractivity contribution in [1.29, 1.82) is 0 Å². The molecule has 1 unspecified atom stereocenters. The summed E-state index contributed by atoms with van der Waals surface area (Å²) < 4.78 is 24.5. The van der Waals surface area contributed by atoms with E-state index in [9.17, 15) is 14.0 Å². The number of anilines is 1. The van der Waals surface area contributed by atoms with E-state index in [1.165, 1.54) is 25.3 Å². The highest BCUT2D eigenvalue weighted by molar-refractivity contribution is 6.04. The van der Waals surface area contributed by atoms with Crippen molar-refractivity contribution in [2.75, 3.05) is 25.6 Å². The van der Waals surface area contributed by atoms with Gasteiger partial charge in [0, 0.05) is 30.9 Å². The zero-order chi connectivity index (χ0) is 22.7. The molecule has 2 heterocycles. The minimum atomic E-state index is -0.406. The Kier molecular flexibility index (Phi) is 6.12. The molecule has 2 aromatic rings. The molecule has 0 aliphatic carbocycles. The van der Waals surface area contributed by atoms with Gasteiger partial charge in [-0.3, -0.25) is 14.6 Å². The molecule has 1 saturated heterocycles. The van der Waals surface area contributed by atoms with Gasteiger partial charge in [0.05, 0.1) is 30.5 Å². The third-order valence-electron chi connectivity index (χ3n) is 5.83. The van der Waals surface area contributed by atoms with Crippen LogP contribution in [0, 0.1) is 5.82 Å². The number of aliphatic imine (C=N–C) groups is 1. The van der Waals surface area contributed by atoms with Crippen molar-refractivity contribution in [3.63, 3.8) is 0 Å². The van der Waals surface area contributed by atoms with E-state index in [1.54, 1.807) is 18.2 Å². The van der Waals surface area contributed by atoms with E-state index in [1.807, 2.05) is 18.0 Å². The molecule has 0 radical (unpaired) electrons. The Hall–Kier alpha value is -3.42. The monoisotopic (exact) mass is 439 g/mol. The number of nitrogens with one attached hydrogen (secondary N) is 1. The molecule has 0 saturated carbocycles. The average molecular weight is 439 g/mol. The summed E-state index contributed by atoms with van der Waals surface area (Å²) in [5.41, 5.74) is 1.08. The molecule has 0 spiro atoms. The van der Waals surface area contributed by atoms with Crippen molar-refractivity contribution in [3.05, 3.63) is 47.8 Å². The lowest BCUT2D eigenvalue weighted by atomic mass is 10.0. The number of methoxy groups -OCH3 is 1. The Morgan fingerprint density at radius 1 is 1.28 bits per heavy atom. The lowest BCUT2D eigenvalue weighted by Gasteiger charge is -2.30. The van der Waals surface area contributed by atoms with E-state index >= 15 is 0 Å². The summed E-state index contributed by atoms with van der Waals surface area (Å²) in [6.07, 6.45) is 4.35. The van der Waals surface area contributed by atoms with E-state index in [0.717, 1.165) is 12.8 Å². The molecule has 7 nitrogen and oxygen atoms in total. The third-order valence-corrected chi connectivity index (χ3v) is 5.83. The fourth-order valence-electron chi connectivity index (χ4n) is 4.11. The van der Waals surface area contributed by atoms with E-state index in [2.05, 4.69) is 10.3 Å². The first kappa shape index (κ1) is 21.8. The standard InChI is InChI=1S/C24H26FN3O4/c1-24-9-5-10-28(24)23(30)18-13-20(31-2)21(14-19(18)26-15-24)32-11-4-8-22(29)27-17-7-3-6-16(25)12-17/h3,6-7,12-15H,4-5,8-11H2,1-2H3,(H,27,29). The number of halogens is 1. The predicted octanol–water partition coefficient (Wildman–Crippen LogP) is 4.34. The Morgan fingerprint density at radius 2 is 2.12 bits per heavy atom. The highest BCUT2D eigenvalue weighted by atomic mass is 19.1. The van der Waals surface area contributed by atoms with Crippen molar-refractivity contribution in [2.45, 2.75) is 38.1 Å². The zero-order valence-corrected chi connectivity index (χ0v) is 18.2. The molecule has 1 atom stereocenters. The number of carbonyl (C=O) groups is 2. The summed E-state index contributed by atoms with van der Waals surface area (Å²) in [6, 6.07) is 9.13. The van der Waals surface area contributed by atoms with Crippen LogP contribution in [0.25, 0.3) is 0 Å². The maximum Gasteiger partial charge on any atom is 0.256 e. The molecule has 1 N–H and O–H groups in total. The van der Waals surface area contributed by atoms with Gasteiger partial charge < -0.3 is 19.7 Å². The lowest BCUT2D eigenvalue weighted by Crippen LogP contribution is -2.45. The van der Waals surface area contributed by atoms with Gasteiger partial charge in [-0.2, -0.15) is 0 Å². The number of nitrogens with zero attached hydrogens (tertiary/aromatic N) is 2. The third kappa shape index (κ3) is 4.44. The molecule has 2 aliphatic heterocycles. The van der Waals surface area contributed by atoms with Crippen LogP contribution in [0.3, 0.4) is 0 Å². The minimum Gasteiger partial charge on any atom is -0.493 e. The van der Waals surface area contributed by atoms with Crippen molar-refractivity contribution in [1.82, 2.24) is 4.90 Å². The van der Waals surface area contributed by atoms with Crippen LogP contribution in [-0.2, 0) is 4.79 Å². The van der Waals surface area contributed by atoms with Crippen molar-refractivity contribution >= 4 is 29.4 Å². The topological polar surface area (TPSA) is 80.2 Å². The number of hydrogen-bond acceptors (Lipinski definition) is 5. The second kappa shape index (κ2) is 8.98. The summed E-state index contributed by atoms with van der Waals surface area (Å²) in [6.45, 7) is 3.00. The summed E-state index contributed by atoms with van der Waals surface area (Å²) in [4.78, 5) is 31.6. The number of benzene rings is 2. The van der Waals surface area contributed by atoms with Crippen LogP contribution < -0.4 is 14.8 Å². The quantitative estimate of drug-likeness (QED) is 0.651. The molecule has 4 rings (SSSR count). The Labute approximate surface area is 186 Å². The molecule has 2 amide bonds. The lowest BCUT2D eigenvalue weighted by molar-refractivity contribution is -0.116. The van der Waals surface area contributed by atoms with Gasteiger partial charge in [0.15, 0.2) is 11.5 Å². The SMILES string of the molecule is COc1cc2c(cc1OCCCC(=O)Nc1cccc(F)c1)N=CC1(C)CCCN1C2=O. The predicted molar refractivity (Wildman–Crippen MR) is 120 cm³/mol. The smallest absolute Gasteiger partial charge is 0.256 e. The van der Waals surface area contributed by atoms with Crippen LogP contribution in [0.2, 0.25) is 0 Å². The van der Waals surface area contributed by atoms with Gasteiger partial charge in [0.1, 0.15) is 5.82 Å². The summed E-state index contributed by atoms with van der Waals surface area (Å²) in [7, 11) is 1.52. The van der Waals surface area contributed by atoms with Gasteiger partial charge in [-0.05, 0) is 50.5 Å². The highest BCUT2D eigenvalue weighted by Gasteiger charge is 2.41. The van der Waals surface area contributed by atoms with Crippen LogP contribution in [-0.4, -0.2) is 48.7 Å². The Morgan fingerprint density at radius 3 is 2.91 bits per heavy atom. The molecule has 32 heavy (non-hydrogen) atoms. The molecule has 0 aromatic heterocycles. The average Bonchev–Trinajstić information content (AvgIpc) is 3.12. The van der Waals surface area contributed by atoms with Crippen LogP contribution in [0.1, 0.15) is 43.0 Å². The fraction of sp³-hybridized carbons (Fsp3) is 0.375.